The summed E-state index contributed by atoms with van der Waals surface area (Å²) in [5.74, 6) is 0. The van der Waals surface area contributed by atoms with Crippen LogP contribution in [0.1, 0.15) is 20.8 Å². The summed E-state index contributed by atoms with van der Waals surface area (Å²) in [7, 11) is 0. The Hall–Kier alpha value is -1.26. The number of azo groups is 1. The van der Waals surface area contributed by atoms with Gasteiger partial charge in [0.1, 0.15) is 5.60 Å². The van der Waals surface area contributed by atoms with E-state index in [0.29, 0.717) is 0 Å². The molecule has 0 unspecified atom stereocenters. The predicted molar refractivity (Wildman–Crippen MR) is 37.2 cm³/mol. The Morgan fingerprint density at radius 3 is 2.36 bits per heavy atom. The van der Waals surface area contributed by atoms with Crippen molar-refractivity contribution in [3.63, 3.8) is 0 Å². The minimum Gasteiger partial charge on any atom is -0.441 e. The van der Waals surface area contributed by atoms with Crippen molar-refractivity contribution in [2.75, 3.05) is 0 Å². The third kappa shape index (κ3) is 6.63. The summed E-state index contributed by atoms with van der Waals surface area (Å²) in [4.78, 5) is 20.2. The lowest BCUT2D eigenvalue weighted by Gasteiger charge is -2.16. The van der Waals surface area contributed by atoms with Crippen molar-refractivity contribution in [2.45, 2.75) is 26.4 Å². The Bertz CT molecular complexity index is 181. The minimum absolute atomic E-state index is 0.171. The lowest BCUT2D eigenvalue weighted by atomic mass is 10.2. The average Bonchev–Trinajstić information content (AvgIpc) is 1.79. The summed E-state index contributed by atoms with van der Waals surface area (Å²) >= 11 is 0. The molecule has 0 aliphatic carbocycles. The van der Waals surface area contributed by atoms with E-state index in [0.717, 1.165) is 0 Å². The number of hydrogen-bond acceptors (Lipinski definition) is 3. The molecule has 0 aromatic heterocycles. The van der Waals surface area contributed by atoms with E-state index < -0.39 is 11.7 Å². The zero-order chi connectivity index (χ0) is 8.91. The van der Waals surface area contributed by atoms with E-state index in [2.05, 4.69) is 15.0 Å². The van der Waals surface area contributed by atoms with Crippen molar-refractivity contribution in [3.05, 3.63) is 0 Å². The van der Waals surface area contributed by atoms with Gasteiger partial charge in [0.2, 0.25) is 0 Å². The molecule has 0 aromatic carbocycles. The van der Waals surface area contributed by atoms with Gasteiger partial charge < -0.3 is 4.74 Å². The third-order valence-corrected chi connectivity index (χ3v) is 0.580. The maximum atomic E-state index is 10.6. The van der Waals surface area contributed by atoms with Gasteiger partial charge in [0.25, 0.3) is 6.41 Å². The first-order valence-electron chi connectivity index (χ1n) is 3.03. The summed E-state index contributed by atoms with van der Waals surface area (Å²) < 4.78 is 4.68. The molecule has 5 heteroatoms. The number of nitrogens with zero attached hydrogens (tertiary/aromatic N) is 2. The van der Waals surface area contributed by atoms with Crippen LogP contribution in [0.25, 0.3) is 0 Å². The molecule has 62 valence electrons. The summed E-state index contributed by atoms with van der Waals surface area (Å²) in [5.41, 5.74) is -0.598. The maximum absolute atomic E-state index is 10.6. The molecule has 0 aliphatic rings. The fourth-order valence-corrected chi connectivity index (χ4v) is 0.353. The Labute approximate surface area is 64.4 Å². The first kappa shape index (κ1) is 9.74. The second-order valence-electron chi connectivity index (χ2n) is 2.80. The van der Waals surface area contributed by atoms with Crippen molar-refractivity contribution >= 4 is 12.5 Å². The molecule has 0 aliphatic heterocycles. The Morgan fingerprint density at radius 1 is 1.45 bits per heavy atom. The molecule has 0 N–H and O–H groups in total. The first-order chi connectivity index (χ1) is 4.95. The molecule has 11 heavy (non-hydrogen) atoms. The van der Waals surface area contributed by atoms with Gasteiger partial charge in [-0.2, -0.15) is 0 Å². The van der Waals surface area contributed by atoms with Crippen LogP contribution in [0, 0.1) is 0 Å². The lowest BCUT2D eigenvalue weighted by molar-refractivity contribution is -0.107. The third-order valence-electron chi connectivity index (χ3n) is 0.580. The molecule has 0 atom stereocenters. The summed E-state index contributed by atoms with van der Waals surface area (Å²) in [6, 6.07) is 0. The molecular weight excluding hydrogens is 148 g/mol. The molecule has 0 rings (SSSR count). The van der Waals surface area contributed by atoms with Gasteiger partial charge in [0, 0.05) is 0 Å². The van der Waals surface area contributed by atoms with Gasteiger partial charge in [-0.15, -0.1) is 5.11 Å². The van der Waals surface area contributed by atoms with Gasteiger partial charge in [-0.25, -0.2) is 4.79 Å². The van der Waals surface area contributed by atoms with Crippen LogP contribution >= 0.6 is 0 Å². The van der Waals surface area contributed by atoms with Crippen molar-refractivity contribution in [2.24, 2.45) is 10.2 Å². The fourth-order valence-electron chi connectivity index (χ4n) is 0.353. The van der Waals surface area contributed by atoms with Crippen LogP contribution in [-0.4, -0.2) is 18.1 Å². The number of carbonyl (C=O) groups excluding carboxylic acids is 2. The molecule has 0 fully saturated rings. The number of hydrogen-bond donors (Lipinski definition) is 0. The highest BCUT2D eigenvalue weighted by Gasteiger charge is 2.15. The van der Waals surface area contributed by atoms with Crippen LogP contribution < -0.4 is 0 Å². The Kier molecular flexibility index (Phi) is 3.36. The van der Waals surface area contributed by atoms with Crippen LogP contribution in [-0.2, 0) is 9.53 Å². The Morgan fingerprint density at radius 2 is 2.00 bits per heavy atom. The van der Waals surface area contributed by atoms with E-state index in [9.17, 15) is 9.59 Å². The van der Waals surface area contributed by atoms with E-state index in [1.54, 1.807) is 20.8 Å². The molecule has 0 aromatic rings. The van der Waals surface area contributed by atoms with Gasteiger partial charge in [0.15, 0.2) is 0 Å². The molecule has 0 saturated heterocycles. The number of ether oxygens (including phenoxy) is 1. The molecule has 2 amide bonds. The van der Waals surface area contributed by atoms with Crippen molar-refractivity contribution in [3.8, 4) is 0 Å². The fraction of sp³-hybridized carbons (Fsp3) is 0.667. The normalized spacial score (nSPS) is 11.5. The van der Waals surface area contributed by atoms with Gasteiger partial charge in [0.05, 0.1) is 0 Å². The van der Waals surface area contributed by atoms with Crippen molar-refractivity contribution in [1.29, 1.82) is 0 Å². The van der Waals surface area contributed by atoms with Gasteiger partial charge in [-0.05, 0) is 20.8 Å². The van der Waals surface area contributed by atoms with Crippen LogP contribution in [0.3, 0.4) is 0 Å². The van der Waals surface area contributed by atoms with Crippen LogP contribution in [0.2, 0.25) is 0 Å². The topological polar surface area (TPSA) is 68.1 Å². The molecule has 5 nitrogen and oxygen atoms in total. The molecule has 0 radical (unpaired) electrons. The second kappa shape index (κ2) is 3.80. The smallest absolute Gasteiger partial charge is 0.441 e. The lowest BCUT2D eigenvalue weighted by Crippen LogP contribution is -2.21. The number of rotatable bonds is 1. The van der Waals surface area contributed by atoms with Crippen molar-refractivity contribution < 1.29 is 14.3 Å². The number of amides is 2. The maximum Gasteiger partial charge on any atom is 0.453 e. The van der Waals surface area contributed by atoms with Crippen LogP contribution in [0.15, 0.2) is 10.2 Å². The monoisotopic (exact) mass is 158 g/mol. The van der Waals surface area contributed by atoms with Crippen LogP contribution in [0.4, 0.5) is 4.79 Å². The molecule has 0 bridgehead atoms. The summed E-state index contributed by atoms with van der Waals surface area (Å²) in [6.07, 6.45) is -0.686. The SMILES string of the molecule is CC(C)(C)OC(=O)N=NC=O. The molecular formula is C6H10N2O3. The minimum atomic E-state index is -0.857. The highest BCUT2D eigenvalue weighted by atomic mass is 16.6. The highest BCUT2D eigenvalue weighted by molar-refractivity contribution is 5.69. The zero-order valence-corrected chi connectivity index (χ0v) is 6.70. The van der Waals surface area contributed by atoms with E-state index in [-0.39, 0.29) is 6.41 Å². The highest BCUT2D eigenvalue weighted by Crippen LogP contribution is 2.07. The number of carbonyl (C=O) groups is 2. The largest absolute Gasteiger partial charge is 0.453 e. The quantitative estimate of drug-likeness (QED) is 0.429. The van der Waals surface area contributed by atoms with E-state index in [1.165, 1.54) is 0 Å². The van der Waals surface area contributed by atoms with E-state index >= 15 is 0 Å². The zero-order valence-electron chi connectivity index (χ0n) is 6.70. The van der Waals surface area contributed by atoms with Gasteiger partial charge in [-0.1, -0.05) is 5.11 Å². The van der Waals surface area contributed by atoms with Gasteiger partial charge >= 0.3 is 6.09 Å². The van der Waals surface area contributed by atoms with Gasteiger partial charge in [-0.3, -0.25) is 4.79 Å². The van der Waals surface area contributed by atoms with E-state index in [4.69, 9.17) is 0 Å². The average molecular weight is 158 g/mol. The standard InChI is InChI=1S/C6H10N2O3/c1-6(2,3)11-5(10)8-7-4-9/h4H,1-3H3. The second-order valence-corrected chi connectivity index (χ2v) is 2.80. The van der Waals surface area contributed by atoms with E-state index in [1.807, 2.05) is 0 Å². The summed E-state index contributed by atoms with van der Waals surface area (Å²) in [6.45, 7) is 5.09. The molecule has 0 spiro atoms. The first-order valence-corrected chi connectivity index (χ1v) is 3.03. The van der Waals surface area contributed by atoms with Crippen LogP contribution in [0.5, 0.6) is 0 Å². The molecule has 0 heterocycles. The summed E-state index contributed by atoms with van der Waals surface area (Å²) in [5, 5.41) is 5.75. The van der Waals surface area contributed by atoms with Crippen molar-refractivity contribution in [1.82, 2.24) is 0 Å². The molecule has 0 saturated carbocycles. The predicted octanol–water partition coefficient (Wildman–Crippen LogP) is 1.53. The Balaban J connectivity index is 3.89.